The van der Waals surface area contributed by atoms with Gasteiger partial charge in [0.05, 0.1) is 5.69 Å². The SMILES string of the molecule is Oc1ccc(-c2csc(C3(c4ccccc4)CC3)n2)cc1. The highest BCUT2D eigenvalue weighted by molar-refractivity contribution is 7.10. The van der Waals surface area contributed by atoms with Gasteiger partial charge in [-0.05, 0) is 42.7 Å². The van der Waals surface area contributed by atoms with Crippen LogP contribution < -0.4 is 0 Å². The fourth-order valence-corrected chi connectivity index (χ4v) is 3.88. The van der Waals surface area contributed by atoms with Crippen LogP contribution in [0.5, 0.6) is 5.75 Å². The van der Waals surface area contributed by atoms with Crippen molar-refractivity contribution in [2.24, 2.45) is 0 Å². The summed E-state index contributed by atoms with van der Waals surface area (Å²) in [6.07, 6.45) is 2.36. The zero-order chi connectivity index (χ0) is 14.3. The monoisotopic (exact) mass is 293 g/mol. The first-order valence-electron chi connectivity index (χ1n) is 7.09. The van der Waals surface area contributed by atoms with Crippen LogP contribution in [0, 0.1) is 0 Å². The molecule has 1 aromatic heterocycles. The molecule has 1 N–H and O–H groups in total. The zero-order valence-electron chi connectivity index (χ0n) is 11.5. The lowest BCUT2D eigenvalue weighted by Gasteiger charge is -2.12. The molecular formula is C18H15NOS. The van der Waals surface area contributed by atoms with Gasteiger partial charge in [0.25, 0.3) is 0 Å². The number of benzene rings is 2. The van der Waals surface area contributed by atoms with Crippen molar-refractivity contribution < 1.29 is 5.11 Å². The van der Waals surface area contributed by atoms with E-state index >= 15 is 0 Å². The van der Waals surface area contributed by atoms with Gasteiger partial charge in [0.2, 0.25) is 0 Å². The lowest BCUT2D eigenvalue weighted by Crippen LogP contribution is -2.07. The van der Waals surface area contributed by atoms with Crippen LogP contribution in [0.4, 0.5) is 0 Å². The molecular weight excluding hydrogens is 278 g/mol. The molecule has 0 radical (unpaired) electrons. The number of hydrogen-bond donors (Lipinski definition) is 1. The molecule has 3 heteroatoms. The Morgan fingerprint density at radius 2 is 1.67 bits per heavy atom. The second kappa shape index (κ2) is 4.71. The summed E-state index contributed by atoms with van der Waals surface area (Å²) in [7, 11) is 0. The van der Waals surface area contributed by atoms with Crippen LogP contribution in [-0.2, 0) is 5.41 Å². The number of phenols is 1. The second-order valence-electron chi connectivity index (χ2n) is 5.53. The first-order valence-corrected chi connectivity index (χ1v) is 7.97. The predicted molar refractivity (Wildman–Crippen MR) is 85.7 cm³/mol. The van der Waals surface area contributed by atoms with E-state index in [2.05, 4.69) is 35.7 Å². The quantitative estimate of drug-likeness (QED) is 0.766. The number of aromatic nitrogens is 1. The molecule has 1 saturated carbocycles. The summed E-state index contributed by atoms with van der Waals surface area (Å²) < 4.78 is 0. The Morgan fingerprint density at radius 3 is 2.33 bits per heavy atom. The van der Waals surface area contributed by atoms with Crippen LogP contribution in [0.25, 0.3) is 11.3 Å². The number of hydrogen-bond acceptors (Lipinski definition) is 3. The highest BCUT2D eigenvalue weighted by atomic mass is 32.1. The average molecular weight is 293 g/mol. The lowest BCUT2D eigenvalue weighted by molar-refractivity contribution is 0.475. The number of nitrogens with zero attached hydrogens (tertiary/aromatic N) is 1. The second-order valence-corrected chi connectivity index (χ2v) is 6.39. The van der Waals surface area contributed by atoms with Crippen molar-refractivity contribution in [3.05, 3.63) is 70.5 Å². The molecule has 0 amide bonds. The van der Waals surface area contributed by atoms with E-state index in [0.717, 1.165) is 11.3 Å². The molecule has 2 aromatic carbocycles. The van der Waals surface area contributed by atoms with Crippen molar-refractivity contribution in [2.45, 2.75) is 18.3 Å². The Hall–Kier alpha value is -2.13. The number of rotatable bonds is 3. The molecule has 0 saturated heterocycles. The molecule has 0 aliphatic heterocycles. The minimum Gasteiger partial charge on any atom is -0.508 e. The van der Waals surface area contributed by atoms with Gasteiger partial charge in [0.15, 0.2) is 0 Å². The maximum atomic E-state index is 9.38. The van der Waals surface area contributed by atoms with Crippen LogP contribution in [0.2, 0.25) is 0 Å². The van der Waals surface area contributed by atoms with Gasteiger partial charge in [0.1, 0.15) is 10.8 Å². The summed E-state index contributed by atoms with van der Waals surface area (Å²) >= 11 is 1.74. The Kier molecular flexibility index (Phi) is 2.82. The molecule has 0 unspecified atom stereocenters. The van der Waals surface area contributed by atoms with Gasteiger partial charge in [0, 0.05) is 16.4 Å². The minimum atomic E-state index is 0.140. The summed E-state index contributed by atoms with van der Waals surface area (Å²) in [4.78, 5) is 4.86. The molecule has 1 fully saturated rings. The van der Waals surface area contributed by atoms with E-state index in [1.54, 1.807) is 23.5 Å². The minimum absolute atomic E-state index is 0.140. The van der Waals surface area contributed by atoms with Crippen molar-refractivity contribution >= 4 is 11.3 Å². The first kappa shape index (κ1) is 12.6. The average Bonchev–Trinajstić information content (AvgIpc) is 3.20. The summed E-state index contributed by atoms with van der Waals surface area (Å²) in [5.74, 6) is 0.289. The molecule has 0 bridgehead atoms. The standard InChI is InChI=1S/C18H15NOS/c20-15-8-6-13(7-9-15)16-12-21-17(19-16)18(10-11-18)14-4-2-1-3-5-14/h1-9,12,20H,10-11H2. The van der Waals surface area contributed by atoms with Gasteiger partial charge < -0.3 is 5.11 Å². The molecule has 0 atom stereocenters. The fraction of sp³-hybridized carbons (Fsp3) is 0.167. The predicted octanol–water partition coefficient (Wildman–Crippen LogP) is 4.60. The fourth-order valence-electron chi connectivity index (χ4n) is 2.77. The Labute approximate surface area is 127 Å². The van der Waals surface area contributed by atoms with E-state index in [4.69, 9.17) is 4.98 Å². The molecule has 2 nitrogen and oxygen atoms in total. The van der Waals surface area contributed by atoms with Gasteiger partial charge in [-0.2, -0.15) is 0 Å². The van der Waals surface area contributed by atoms with Crippen molar-refractivity contribution in [1.29, 1.82) is 0 Å². The van der Waals surface area contributed by atoms with Crippen LogP contribution in [0.15, 0.2) is 60.0 Å². The van der Waals surface area contributed by atoms with E-state index < -0.39 is 0 Å². The van der Waals surface area contributed by atoms with Crippen molar-refractivity contribution in [3.63, 3.8) is 0 Å². The molecule has 1 aliphatic rings. The number of thiazole rings is 1. The van der Waals surface area contributed by atoms with E-state index in [1.165, 1.54) is 23.4 Å². The topological polar surface area (TPSA) is 33.1 Å². The zero-order valence-corrected chi connectivity index (χ0v) is 12.3. The van der Waals surface area contributed by atoms with Gasteiger partial charge in [-0.25, -0.2) is 4.98 Å². The summed E-state index contributed by atoms with van der Waals surface area (Å²) in [6.45, 7) is 0. The normalized spacial score (nSPS) is 15.8. The van der Waals surface area contributed by atoms with Crippen LogP contribution in [0.1, 0.15) is 23.4 Å². The van der Waals surface area contributed by atoms with Crippen LogP contribution in [0.3, 0.4) is 0 Å². The Morgan fingerprint density at radius 1 is 0.952 bits per heavy atom. The maximum absolute atomic E-state index is 9.38. The van der Waals surface area contributed by atoms with Crippen LogP contribution in [-0.4, -0.2) is 10.1 Å². The summed E-state index contributed by atoms with van der Waals surface area (Å²) in [5.41, 5.74) is 3.56. The summed E-state index contributed by atoms with van der Waals surface area (Å²) in [5, 5.41) is 12.7. The number of phenolic OH excluding ortho intramolecular Hbond substituents is 1. The third kappa shape index (κ3) is 2.14. The van der Waals surface area contributed by atoms with E-state index in [-0.39, 0.29) is 11.2 Å². The first-order chi connectivity index (χ1) is 10.3. The molecule has 0 spiro atoms. The van der Waals surface area contributed by atoms with E-state index in [9.17, 15) is 5.11 Å². The van der Waals surface area contributed by atoms with Crippen molar-refractivity contribution in [3.8, 4) is 17.0 Å². The highest BCUT2D eigenvalue weighted by Crippen LogP contribution is 2.54. The molecule has 3 aromatic rings. The van der Waals surface area contributed by atoms with Crippen molar-refractivity contribution in [1.82, 2.24) is 4.98 Å². The maximum Gasteiger partial charge on any atom is 0.115 e. The number of aromatic hydroxyl groups is 1. The molecule has 1 aliphatic carbocycles. The third-order valence-electron chi connectivity index (χ3n) is 4.15. The highest BCUT2D eigenvalue weighted by Gasteiger charge is 2.48. The lowest BCUT2D eigenvalue weighted by atomic mass is 9.97. The van der Waals surface area contributed by atoms with Crippen molar-refractivity contribution in [2.75, 3.05) is 0 Å². The largest absolute Gasteiger partial charge is 0.508 e. The Bertz CT molecular complexity index is 757. The summed E-state index contributed by atoms with van der Waals surface area (Å²) in [6, 6.07) is 17.9. The third-order valence-corrected chi connectivity index (χ3v) is 5.20. The smallest absolute Gasteiger partial charge is 0.115 e. The molecule has 4 rings (SSSR count). The van der Waals surface area contributed by atoms with E-state index in [0.29, 0.717) is 0 Å². The molecule has 1 heterocycles. The molecule has 21 heavy (non-hydrogen) atoms. The van der Waals surface area contributed by atoms with Crippen LogP contribution >= 0.6 is 11.3 Å². The van der Waals surface area contributed by atoms with E-state index in [1.807, 2.05) is 12.1 Å². The van der Waals surface area contributed by atoms with Gasteiger partial charge in [-0.3, -0.25) is 0 Å². The molecule has 104 valence electrons. The van der Waals surface area contributed by atoms with Gasteiger partial charge >= 0.3 is 0 Å². The van der Waals surface area contributed by atoms with Gasteiger partial charge in [-0.1, -0.05) is 30.3 Å². The Balaban J connectivity index is 1.70. The van der Waals surface area contributed by atoms with Gasteiger partial charge in [-0.15, -0.1) is 11.3 Å².